The summed E-state index contributed by atoms with van der Waals surface area (Å²) in [5.41, 5.74) is 5.76. The molecule has 60 valence electrons. The molecule has 0 spiro atoms. The first-order valence-electron chi connectivity index (χ1n) is 3.60. The van der Waals surface area contributed by atoms with E-state index < -0.39 is 0 Å². The van der Waals surface area contributed by atoms with Gasteiger partial charge in [-0.05, 0) is 22.4 Å². The lowest BCUT2D eigenvalue weighted by molar-refractivity contribution is 0.459. The number of fused-ring (bicyclic) bond motifs is 1. The molecule has 1 aromatic rings. The Hall–Kier alpha value is -0.420. The van der Waals surface area contributed by atoms with Crippen LogP contribution in [0.1, 0.15) is 12.2 Å². The van der Waals surface area contributed by atoms with Crippen LogP contribution in [0.2, 0.25) is 0 Å². The van der Waals surface area contributed by atoms with Gasteiger partial charge in [0.1, 0.15) is 5.82 Å². The number of hydrogen-bond donors (Lipinski definition) is 1. The molecule has 0 radical (unpaired) electrons. The summed E-state index contributed by atoms with van der Waals surface area (Å²) in [5, 5.41) is 7.90. The van der Waals surface area contributed by atoms with E-state index in [0.29, 0.717) is 0 Å². The Labute approximate surface area is 72.9 Å². The molecule has 0 saturated carbocycles. The quantitative estimate of drug-likeness (QED) is 0.680. The third-order valence-electron chi connectivity index (χ3n) is 1.95. The highest BCUT2D eigenvalue weighted by atomic mass is 79.9. The summed E-state index contributed by atoms with van der Waals surface area (Å²) >= 11 is 3.32. The van der Waals surface area contributed by atoms with Crippen molar-refractivity contribution < 1.29 is 0 Å². The number of nitrogens with two attached hydrogens (primary N) is 1. The molecule has 1 aromatic heterocycles. The lowest BCUT2D eigenvalue weighted by Gasteiger charge is -2.18. The molecular weight excluding hydrogens is 208 g/mol. The molecule has 0 amide bonds. The van der Waals surface area contributed by atoms with Crippen molar-refractivity contribution in [3.8, 4) is 0 Å². The molecule has 2 heterocycles. The van der Waals surface area contributed by atoms with Gasteiger partial charge in [0.25, 0.3) is 0 Å². The molecule has 0 aromatic carbocycles. The average molecular weight is 217 g/mol. The largest absolute Gasteiger partial charge is 0.327 e. The standard InChI is InChI=1S/C6H9BrN4/c7-6-10-9-5-3-4(8)1-2-11(5)6/h4H,1-3,8H2. The molecule has 2 rings (SSSR count). The molecule has 0 aliphatic carbocycles. The van der Waals surface area contributed by atoms with Crippen molar-refractivity contribution in [1.82, 2.24) is 14.8 Å². The topological polar surface area (TPSA) is 56.7 Å². The highest BCUT2D eigenvalue weighted by molar-refractivity contribution is 9.10. The average Bonchev–Trinajstić information content (AvgIpc) is 2.32. The molecule has 1 aliphatic rings. The van der Waals surface area contributed by atoms with Gasteiger partial charge in [-0.3, -0.25) is 0 Å². The molecule has 1 aliphatic heterocycles. The first-order chi connectivity index (χ1) is 5.27. The first-order valence-corrected chi connectivity index (χ1v) is 4.40. The van der Waals surface area contributed by atoms with Crippen molar-refractivity contribution >= 4 is 15.9 Å². The molecular formula is C6H9BrN4. The fourth-order valence-electron chi connectivity index (χ4n) is 1.32. The minimum Gasteiger partial charge on any atom is -0.327 e. The van der Waals surface area contributed by atoms with Crippen molar-refractivity contribution in [3.05, 3.63) is 10.6 Å². The third-order valence-corrected chi connectivity index (χ3v) is 2.54. The predicted octanol–water partition coefficient (Wildman–Crippen LogP) is 0.314. The monoisotopic (exact) mass is 216 g/mol. The van der Waals surface area contributed by atoms with Gasteiger partial charge in [0.15, 0.2) is 4.73 Å². The summed E-state index contributed by atoms with van der Waals surface area (Å²) in [4.78, 5) is 0. The van der Waals surface area contributed by atoms with E-state index in [1.54, 1.807) is 0 Å². The van der Waals surface area contributed by atoms with Gasteiger partial charge in [-0.1, -0.05) is 0 Å². The number of hydrogen-bond acceptors (Lipinski definition) is 3. The molecule has 1 unspecified atom stereocenters. The van der Waals surface area contributed by atoms with E-state index in [9.17, 15) is 0 Å². The molecule has 5 heteroatoms. The van der Waals surface area contributed by atoms with Gasteiger partial charge in [-0.15, -0.1) is 10.2 Å². The van der Waals surface area contributed by atoms with Crippen LogP contribution in [0.5, 0.6) is 0 Å². The maximum atomic E-state index is 5.76. The second-order valence-electron chi connectivity index (χ2n) is 2.79. The van der Waals surface area contributed by atoms with Crippen LogP contribution < -0.4 is 5.73 Å². The first kappa shape index (κ1) is 7.24. The lowest BCUT2D eigenvalue weighted by Crippen LogP contribution is -2.30. The Balaban J connectivity index is 2.36. The smallest absolute Gasteiger partial charge is 0.200 e. The van der Waals surface area contributed by atoms with Crippen LogP contribution in [0.3, 0.4) is 0 Å². The lowest BCUT2D eigenvalue weighted by atomic mass is 10.1. The van der Waals surface area contributed by atoms with Gasteiger partial charge in [0, 0.05) is 19.0 Å². The third kappa shape index (κ3) is 1.18. The summed E-state index contributed by atoms with van der Waals surface area (Å²) in [6.07, 6.45) is 1.86. The Kier molecular flexibility index (Phi) is 1.69. The zero-order valence-electron chi connectivity index (χ0n) is 6.00. The van der Waals surface area contributed by atoms with E-state index in [-0.39, 0.29) is 6.04 Å². The van der Waals surface area contributed by atoms with Crippen molar-refractivity contribution in [1.29, 1.82) is 0 Å². The van der Waals surface area contributed by atoms with Crippen LogP contribution >= 0.6 is 15.9 Å². The summed E-state index contributed by atoms with van der Waals surface area (Å²) in [6.45, 7) is 0.935. The number of halogens is 1. The fraction of sp³-hybridized carbons (Fsp3) is 0.667. The molecule has 11 heavy (non-hydrogen) atoms. The Bertz CT molecular complexity index is 270. The molecule has 2 N–H and O–H groups in total. The molecule has 1 atom stereocenters. The van der Waals surface area contributed by atoms with Crippen LogP contribution in [0.15, 0.2) is 4.73 Å². The summed E-state index contributed by atoms with van der Waals surface area (Å²) in [5.74, 6) is 0.996. The second kappa shape index (κ2) is 2.57. The van der Waals surface area contributed by atoms with Crippen LogP contribution in [0.4, 0.5) is 0 Å². The predicted molar refractivity (Wildman–Crippen MR) is 44.0 cm³/mol. The van der Waals surface area contributed by atoms with Gasteiger partial charge in [0.05, 0.1) is 0 Å². The van der Waals surface area contributed by atoms with Gasteiger partial charge >= 0.3 is 0 Å². The van der Waals surface area contributed by atoms with Crippen molar-refractivity contribution in [3.63, 3.8) is 0 Å². The SMILES string of the molecule is NC1CCn2c(Br)nnc2C1. The summed E-state index contributed by atoms with van der Waals surface area (Å²) in [6, 6.07) is 0.263. The highest BCUT2D eigenvalue weighted by Crippen LogP contribution is 2.16. The van der Waals surface area contributed by atoms with Crippen molar-refractivity contribution in [2.75, 3.05) is 0 Å². The maximum absolute atomic E-state index is 5.76. The Morgan fingerprint density at radius 2 is 2.36 bits per heavy atom. The van der Waals surface area contributed by atoms with Gasteiger partial charge in [-0.2, -0.15) is 0 Å². The number of aromatic nitrogens is 3. The highest BCUT2D eigenvalue weighted by Gasteiger charge is 2.18. The minimum absolute atomic E-state index is 0.263. The summed E-state index contributed by atoms with van der Waals surface area (Å²) < 4.78 is 2.88. The zero-order chi connectivity index (χ0) is 7.84. The van der Waals surface area contributed by atoms with E-state index in [0.717, 1.165) is 29.9 Å². The number of nitrogens with zero attached hydrogens (tertiary/aromatic N) is 3. The second-order valence-corrected chi connectivity index (χ2v) is 3.50. The zero-order valence-corrected chi connectivity index (χ0v) is 7.58. The van der Waals surface area contributed by atoms with Crippen molar-refractivity contribution in [2.45, 2.75) is 25.4 Å². The maximum Gasteiger partial charge on any atom is 0.200 e. The molecule has 0 saturated heterocycles. The summed E-state index contributed by atoms with van der Waals surface area (Å²) in [7, 11) is 0. The van der Waals surface area contributed by atoms with E-state index in [1.165, 1.54) is 0 Å². The van der Waals surface area contributed by atoms with Gasteiger partial charge < -0.3 is 10.3 Å². The van der Waals surface area contributed by atoms with E-state index in [4.69, 9.17) is 5.73 Å². The fourth-order valence-corrected chi connectivity index (χ4v) is 1.78. The van der Waals surface area contributed by atoms with Crippen LogP contribution in [-0.4, -0.2) is 20.8 Å². The van der Waals surface area contributed by atoms with E-state index >= 15 is 0 Å². The number of rotatable bonds is 0. The Morgan fingerprint density at radius 3 is 3.18 bits per heavy atom. The van der Waals surface area contributed by atoms with Gasteiger partial charge in [-0.25, -0.2) is 0 Å². The van der Waals surface area contributed by atoms with E-state index in [2.05, 4.69) is 30.7 Å². The molecule has 4 nitrogen and oxygen atoms in total. The van der Waals surface area contributed by atoms with E-state index in [1.807, 2.05) is 0 Å². The molecule has 0 fully saturated rings. The van der Waals surface area contributed by atoms with Crippen LogP contribution in [0.25, 0.3) is 0 Å². The van der Waals surface area contributed by atoms with Crippen molar-refractivity contribution in [2.24, 2.45) is 5.73 Å². The minimum atomic E-state index is 0.263. The Morgan fingerprint density at radius 1 is 1.55 bits per heavy atom. The van der Waals surface area contributed by atoms with Gasteiger partial charge in [0.2, 0.25) is 0 Å². The van der Waals surface area contributed by atoms with Crippen LogP contribution in [0, 0.1) is 0 Å². The van der Waals surface area contributed by atoms with Crippen LogP contribution in [-0.2, 0) is 13.0 Å². The normalized spacial score (nSPS) is 23.3. The molecule has 0 bridgehead atoms.